The average Bonchev–Trinajstić information content (AvgIpc) is 2.88. The number of thiazole rings is 1. The fourth-order valence-corrected chi connectivity index (χ4v) is 3.52. The number of carbonyl (C=O) groups is 1. The van der Waals surface area contributed by atoms with Gasteiger partial charge in [-0.15, -0.1) is 11.3 Å². The molecule has 0 aromatic carbocycles. The van der Waals surface area contributed by atoms with Gasteiger partial charge in [-0.1, -0.05) is 6.42 Å². The molecule has 0 bridgehead atoms. The van der Waals surface area contributed by atoms with Crippen LogP contribution in [0, 0.1) is 0 Å². The van der Waals surface area contributed by atoms with Gasteiger partial charge in [0.25, 0.3) is 0 Å². The Kier molecular flexibility index (Phi) is 5.51. The van der Waals surface area contributed by atoms with Crippen molar-refractivity contribution in [2.75, 3.05) is 13.7 Å². The third kappa shape index (κ3) is 3.77. The standard InChI is InChI=1S/C14H23N3O2S/c1-10-4-3-5-12(8-18)17(10)7-11-9-20-14(16-11)6-13(19)15-2/h9-10,12,18H,3-8H2,1-2H3,(H,15,19). The van der Waals surface area contributed by atoms with Gasteiger partial charge in [0, 0.05) is 31.1 Å². The molecule has 1 aromatic rings. The Balaban J connectivity index is 1.99. The van der Waals surface area contributed by atoms with Gasteiger partial charge in [0.15, 0.2) is 0 Å². The van der Waals surface area contributed by atoms with E-state index in [4.69, 9.17) is 0 Å². The van der Waals surface area contributed by atoms with Gasteiger partial charge < -0.3 is 10.4 Å². The van der Waals surface area contributed by atoms with Crippen LogP contribution in [0.4, 0.5) is 0 Å². The second-order valence-electron chi connectivity index (χ2n) is 5.37. The highest BCUT2D eigenvalue weighted by atomic mass is 32.1. The molecule has 1 aromatic heterocycles. The number of carbonyl (C=O) groups excluding carboxylic acids is 1. The van der Waals surface area contributed by atoms with Gasteiger partial charge in [-0.2, -0.15) is 0 Å². The van der Waals surface area contributed by atoms with Crippen LogP contribution in [0.1, 0.15) is 36.9 Å². The topological polar surface area (TPSA) is 65.5 Å². The number of nitrogens with zero attached hydrogens (tertiary/aromatic N) is 2. The quantitative estimate of drug-likeness (QED) is 0.856. The highest BCUT2D eigenvalue weighted by Crippen LogP contribution is 2.25. The van der Waals surface area contributed by atoms with Crippen molar-refractivity contribution < 1.29 is 9.90 Å². The molecule has 5 nitrogen and oxygen atoms in total. The zero-order chi connectivity index (χ0) is 14.5. The molecular weight excluding hydrogens is 274 g/mol. The van der Waals surface area contributed by atoms with Gasteiger partial charge in [-0.25, -0.2) is 4.98 Å². The van der Waals surface area contributed by atoms with Gasteiger partial charge in [0.2, 0.25) is 5.91 Å². The summed E-state index contributed by atoms with van der Waals surface area (Å²) in [6.45, 7) is 3.18. The number of likely N-dealkylation sites (tertiary alicyclic amines) is 1. The van der Waals surface area contributed by atoms with Crippen molar-refractivity contribution in [3.63, 3.8) is 0 Å². The number of nitrogens with one attached hydrogen (secondary N) is 1. The summed E-state index contributed by atoms with van der Waals surface area (Å²) < 4.78 is 0. The first-order valence-electron chi connectivity index (χ1n) is 7.14. The first-order chi connectivity index (χ1) is 9.63. The maximum absolute atomic E-state index is 11.3. The summed E-state index contributed by atoms with van der Waals surface area (Å²) >= 11 is 1.53. The lowest BCUT2D eigenvalue weighted by molar-refractivity contribution is -0.119. The second kappa shape index (κ2) is 7.15. The lowest BCUT2D eigenvalue weighted by atomic mass is 9.97. The fourth-order valence-electron chi connectivity index (χ4n) is 2.74. The van der Waals surface area contributed by atoms with Gasteiger partial charge in [-0.3, -0.25) is 9.69 Å². The number of aliphatic hydroxyl groups is 1. The number of hydrogen-bond donors (Lipinski definition) is 2. The third-order valence-electron chi connectivity index (χ3n) is 3.94. The smallest absolute Gasteiger partial charge is 0.226 e. The monoisotopic (exact) mass is 297 g/mol. The SMILES string of the molecule is CNC(=O)Cc1nc(CN2C(C)CCCC2CO)cs1. The molecule has 1 saturated heterocycles. The number of aliphatic hydroxyl groups excluding tert-OH is 1. The Labute approximate surface area is 124 Å². The number of piperidine rings is 1. The molecule has 1 fully saturated rings. The molecule has 0 aliphatic carbocycles. The summed E-state index contributed by atoms with van der Waals surface area (Å²) in [5.74, 6) is -0.00882. The molecule has 0 spiro atoms. The molecule has 2 N–H and O–H groups in total. The van der Waals surface area contributed by atoms with E-state index in [1.807, 2.05) is 5.38 Å². The van der Waals surface area contributed by atoms with Crippen molar-refractivity contribution in [3.05, 3.63) is 16.1 Å². The molecule has 112 valence electrons. The number of amides is 1. The Morgan fingerprint density at radius 2 is 2.40 bits per heavy atom. The number of aromatic nitrogens is 1. The molecule has 2 unspecified atom stereocenters. The summed E-state index contributed by atoms with van der Waals surface area (Å²) in [6.07, 6.45) is 3.75. The summed E-state index contributed by atoms with van der Waals surface area (Å²) in [6, 6.07) is 0.716. The first kappa shape index (κ1) is 15.4. The number of rotatable bonds is 5. The van der Waals surface area contributed by atoms with Crippen LogP contribution in [0.2, 0.25) is 0 Å². The van der Waals surface area contributed by atoms with Gasteiger partial charge in [-0.05, 0) is 19.8 Å². The molecule has 2 heterocycles. The van der Waals surface area contributed by atoms with E-state index < -0.39 is 0 Å². The second-order valence-corrected chi connectivity index (χ2v) is 6.31. The largest absolute Gasteiger partial charge is 0.395 e. The van der Waals surface area contributed by atoms with E-state index in [0.29, 0.717) is 12.5 Å². The first-order valence-corrected chi connectivity index (χ1v) is 8.02. The van der Waals surface area contributed by atoms with Crippen LogP contribution in [0.3, 0.4) is 0 Å². The van der Waals surface area contributed by atoms with Crippen LogP contribution in [0.25, 0.3) is 0 Å². The molecule has 20 heavy (non-hydrogen) atoms. The maximum Gasteiger partial charge on any atom is 0.226 e. The van der Waals surface area contributed by atoms with E-state index in [9.17, 15) is 9.90 Å². The van der Waals surface area contributed by atoms with Crippen LogP contribution in [-0.2, 0) is 17.8 Å². The molecule has 6 heteroatoms. The van der Waals surface area contributed by atoms with E-state index >= 15 is 0 Å². The van der Waals surface area contributed by atoms with E-state index in [2.05, 4.69) is 22.1 Å². The summed E-state index contributed by atoms with van der Waals surface area (Å²) in [5, 5.41) is 15.0. The summed E-state index contributed by atoms with van der Waals surface area (Å²) in [5.41, 5.74) is 1.00. The molecule has 1 amide bonds. The van der Waals surface area contributed by atoms with Crippen LogP contribution in [0.15, 0.2) is 5.38 Å². The van der Waals surface area contributed by atoms with Crippen molar-refractivity contribution in [1.82, 2.24) is 15.2 Å². The Hall–Kier alpha value is -0.980. The van der Waals surface area contributed by atoms with E-state index in [1.165, 1.54) is 24.2 Å². The van der Waals surface area contributed by atoms with Crippen molar-refractivity contribution in [3.8, 4) is 0 Å². The lowest BCUT2D eigenvalue weighted by Crippen LogP contribution is -2.46. The van der Waals surface area contributed by atoms with Gasteiger partial charge in [0.1, 0.15) is 5.01 Å². The predicted molar refractivity (Wildman–Crippen MR) is 79.6 cm³/mol. The molecule has 2 rings (SSSR count). The highest BCUT2D eigenvalue weighted by molar-refractivity contribution is 7.09. The number of hydrogen-bond acceptors (Lipinski definition) is 5. The Morgan fingerprint density at radius 3 is 3.10 bits per heavy atom. The van der Waals surface area contributed by atoms with Gasteiger partial charge >= 0.3 is 0 Å². The van der Waals surface area contributed by atoms with Crippen molar-refractivity contribution in [2.45, 2.75) is 51.2 Å². The lowest BCUT2D eigenvalue weighted by Gasteiger charge is -2.39. The van der Waals surface area contributed by atoms with Crippen molar-refractivity contribution in [1.29, 1.82) is 0 Å². The van der Waals surface area contributed by atoms with Crippen LogP contribution < -0.4 is 5.32 Å². The maximum atomic E-state index is 11.3. The predicted octanol–water partition coefficient (Wildman–Crippen LogP) is 1.17. The van der Waals surface area contributed by atoms with E-state index in [0.717, 1.165) is 23.7 Å². The molecule has 0 saturated carbocycles. The molecule has 1 aliphatic heterocycles. The van der Waals surface area contributed by atoms with Gasteiger partial charge in [0.05, 0.1) is 18.7 Å². The van der Waals surface area contributed by atoms with Crippen LogP contribution in [-0.4, -0.2) is 46.6 Å². The van der Waals surface area contributed by atoms with Crippen molar-refractivity contribution in [2.24, 2.45) is 0 Å². The normalized spacial score (nSPS) is 23.8. The summed E-state index contributed by atoms with van der Waals surface area (Å²) in [7, 11) is 1.64. The highest BCUT2D eigenvalue weighted by Gasteiger charge is 2.27. The van der Waals surface area contributed by atoms with E-state index in [-0.39, 0.29) is 18.6 Å². The Morgan fingerprint density at radius 1 is 1.60 bits per heavy atom. The fraction of sp³-hybridized carbons (Fsp3) is 0.714. The Bertz CT molecular complexity index is 449. The minimum atomic E-state index is -0.00882. The van der Waals surface area contributed by atoms with Crippen molar-refractivity contribution >= 4 is 17.2 Å². The zero-order valence-electron chi connectivity index (χ0n) is 12.1. The molecule has 0 radical (unpaired) electrons. The minimum Gasteiger partial charge on any atom is -0.395 e. The summed E-state index contributed by atoms with van der Waals surface area (Å²) in [4.78, 5) is 18.2. The van der Waals surface area contributed by atoms with Crippen LogP contribution in [0.5, 0.6) is 0 Å². The third-order valence-corrected chi connectivity index (χ3v) is 4.84. The molecule has 2 atom stereocenters. The number of likely N-dealkylation sites (N-methyl/N-ethyl adjacent to an activating group) is 1. The molecule has 1 aliphatic rings. The minimum absolute atomic E-state index is 0.00882. The van der Waals surface area contributed by atoms with Crippen LogP contribution >= 0.6 is 11.3 Å². The van der Waals surface area contributed by atoms with E-state index in [1.54, 1.807) is 7.05 Å². The molecular formula is C14H23N3O2S. The zero-order valence-corrected chi connectivity index (χ0v) is 12.9. The average molecular weight is 297 g/mol.